The first-order valence-electron chi connectivity index (χ1n) is 7.11. The van der Waals surface area contributed by atoms with Crippen molar-refractivity contribution in [2.75, 3.05) is 17.7 Å². The van der Waals surface area contributed by atoms with E-state index in [2.05, 4.69) is 21.2 Å². The Labute approximate surface area is 147 Å². The zero-order valence-corrected chi connectivity index (χ0v) is 15.0. The minimum Gasteiger partial charge on any atom is -0.493 e. The number of amides is 1. The minimum atomic E-state index is -0.461. The third-order valence-corrected chi connectivity index (χ3v) is 4.63. The summed E-state index contributed by atoms with van der Waals surface area (Å²) < 4.78 is 19.9. The van der Waals surface area contributed by atoms with E-state index in [0.29, 0.717) is 16.8 Å². The third kappa shape index (κ3) is 5.88. The second-order valence-electron chi connectivity index (χ2n) is 4.79. The Kier molecular flexibility index (Phi) is 6.92. The van der Waals surface area contributed by atoms with Crippen LogP contribution in [-0.4, -0.2) is 23.5 Å². The number of nitrogens with one attached hydrogen (secondary N) is 1. The smallest absolute Gasteiger partial charge is 0.237 e. The van der Waals surface area contributed by atoms with Gasteiger partial charge in [-0.3, -0.25) is 4.79 Å². The number of ether oxygens (including phenoxy) is 1. The van der Waals surface area contributed by atoms with Crippen molar-refractivity contribution in [1.82, 2.24) is 0 Å². The molecule has 2 aromatic carbocycles. The monoisotopic (exact) mass is 397 g/mol. The standard InChI is InChI=1S/C17H17BrFNO2S/c1-12(23-10-9-22-14-5-3-2-4-6-14)17(21)20-16-8-7-13(18)11-15(16)19/h2-8,11-12H,9-10H2,1H3,(H,20,21). The van der Waals surface area contributed by atoms with Crippen LogP contribution in [0.25, 0.3) is 0 Å². The summed E-state index contributed by atoms with van der Waals surface area (Å²) in [4.78, 5) is 12.1. The van der Waals surface area contributed by atoms with E-state index < -0.39 is 5.82 Å². The summed E-state index contributed by atoms with van der Waals surface area (Å²) in [5.74, 6) is 0.794. The second-order valence-corrected chi connectivity index (χ2v) is 7.15. The maximum Gasteiger partial charge on any atom is 0.237 e. The molecule has 3 nitrogen and oxygen atoms in total. The molecule has 0 spiro atoms. The first-order valence-corrected chi connectivity index (χ1v) is 8.96. The molecule has 0 aliphatic heterocycles. The van der Waals surface area contributed by atoms with Crippen molar-refractivity contribution in [3.05, 3.63) is 58.8 Å². The van der Waals surface area contributed by atoms with Gasteiger partial charge in [0.1, 0.15) is 11.6 Å². The summed E-state index contributed by atoms with van der Waals surface area (Å²) in [6.45, 7) is 2.30. The summed E-state index contributed by atoms with van der Waals surface area (Å²) >= 11 is 4.65. The number of benzene rings is 2. The molecule has 0 radical (unpaired) electrons. The molecular weight excluding hydrogens is 381 g/mol. The van der Waals surface area contributed by atoms with Crippen molar-refractivity contribution in [1.29, 1.82) is 0 Å². The molecule has 122 valence electrons. The van der Waals surface area contributed by atoms with Gasteiger partial charge in [-0.25, -0.2) is 4.39 Å². The van der Waals surface area contributed by atoms with Gasteiger partial charge < -0.3 is 10.1 Å². The Morgan fingerprint density at radius 1 is 1.30 bits per heavy atom. The van der Waals surface area contributed by atoms with Crippen LogP contribution in [0.15, 0.2) is 53.0 Å². The van der Waals surface area contributed by atoms with Gasteiger partial charge in [0, 0.05) is 10.2 Å². The molecule has 2 aromatic rings. The zero-order valence-electron chi connectivity index (χ0n) is 12.6. The molecule has 0 saturated heterocycles. The number of para-hydroxylation sites is 1. The molecule has 1 atom stereocenters. The van der Waals surface area contributed by atoms with E-state index >= 15 is 0 Å². The van der Waals surface area contributed by atoms with Crippen molar-refractivity contribution in [3.63, 3.8) is 0 Å². The lowest BCUT2D eigenvalue weighted by molar-refractivity contribution is -0.115. The number of halogens is 2. The average Bonchev–Trinajstić information content (AvgIpc) is 2.55. The molecule has 1 amide bonds. The van der Waals surface area contributed by atoms with E-state index in [0.717, 1.165) is 5.75 Å². The highest BCUT2D eigenvalue weighted by molar-refractivity contribution is 9.10. The van der Waals surface area contributed by atoms with Gasteiger partial charge in [0.2, 0.25) is 5.91 Å². The van der Waals surface area contributed by atoms with Gasteiger partial charge in [0.15, 0.2) is 0 Å². The van der Waals surface area contributed by atoms with Gasteiger partial charge in [0.05, 0.1) is 17.5 Å². The molecule has 0 bridgehead atoms. The first kappa shape index (κ1) is 17.8. The highest BCUT2D eigenvalue weighted by Gasteiger charge is 2.15. The molecule has 1 N–H and O–H groups in total. The molecule has 6 heteroatoms. The van der Waals surface area contributed by atoms with E-state index in [-0.39, 0.29) is 16.8 Å². The average molecular weight is 398 g/mol. The number of hydrogen-bond donors (Lipinski definition) is 1. The molecule has 1 unspecified atom stereocenters. The lowest BCUT2D eigenvalue weighted by Crippen LogP contribution is -2.24. The van der Waals surface area contributed by atoms with Crippen LogP contribution in [0.1, 0.15) is 6.92 Å². The highest BCUT2D eigenvalue weighted by Crippen LogP contribution is 2.21. The number of thioether (sulfide) groups is 1. The fourth-order valence-electron chi connectivity index (χ4n) is 1.80. The molecule has 23 heavy (non-hydrogen) atoms. The van der Waals surface area contributed by atoms with Gasteiger partial charge in [-0.1, -0.05) is 34.1 Å². The van der Waals surface area contributed by atoms with Crippen LogP contribution >= 0.6 is 27.7 Å². The Morgan fingerprint density at radius 2 is 2.04 bits per heavy atom. The largest absolute Gasteiger partial charge is 0.493 e. The molecule has 0 saturated carbocycles. The van der Waals surface area contributed by atoms with E-state index in [1.165, 1.54) is 23.9 Å². The van der Waals surface area contributed by atoms with E-state index in [9.17, 15) is 9.18 Å². The van der Waals surface area contributed by atoms with E-state index in [1.54, 1.807) is 13.0 Å². The summed E-state index contributed by atoms with van der Waals surface area (Å²) in [5, 5.41) is 2.31. The number of anilines is 1. The molecule has 0 fully saturated rings. The summed E-state index contributed by atoms with van der Waals surface area (Å²) in [5.41, 5.74) is 0.186. The van der Waals surface area contributed by atoms with Crippen molar-refractivity contribution < 1.29 is 13.9 Å². The molecule has 2 rings (SSSR count). The van der Waals surface area contributed by atoms with Crippen LogP contribution in [0.5, 0.6) is 5.75 Å². The maximum absolute atomic E-state index is 13.7. The highest BCUT2D eigenvalue weighted by atomic mass is 79.9. The van der Waals surface area contributed by atoms with Crippen molar-refractivity contribution in [3.8, 4) is 5.75 Å². The first-order chi connectivity index (χ1) is 11.1. The summed E-state index contributed by atoms with van der Waals surface area (Å²) in [6, 6.07) is 14.1. The third-order valence-electron chi connectivity index (χ3n) is 3.02. The van der Waals surface area contributed by atoms with Gasteiger partial charge in [-0.2, -0.15) is 0 Å². The van der Waals surface area contributed by atoms with Gasteiger partial charge >= 0.3 is 0 Å². The number of carbonyl (C=O) groups excluding carboxylic acids is 1. The molecular formula is C17H17BrFNO2S. The minimum absolute atomic E-state index is 0.186. The molecule has 0 heterocycles. The molecule has 0 aromatic heterocycles. The normalized spacial score (nSPS) is 11.8. The van der Waals surface area contributed by atoms with Crippen molar-refractivity contribution in [2.24, 2.45) is 0 Å². The van der Waals surface area contributed by atoms with E-state index in [4.69, 9.17) is 4.74 Å². The van der Waals surface area contributed by atoms with Crippen LogP contribution in [0, 0.1) is 5.82 Å². The summed E-state index contributed by atoms with van der Waals surface area (Å²) in [6.07, 6.45) is 0. The van der Waals surface area contributed by atoms with Gasteiger partial charge in [-0.15, -0.1) is 11.8 Å². The number of hydrogen-bond acceptors (Lipinski definition) is 3. The Hall–Kier alpha value is -1.53. The SMILES string of the molecule is CC(SCCOc1ccccc1)C(=O)Nc1ccc(Br)cc1F. The van der Waals surface area contributed by atoms with Crippen LogP contribution in [-0.2, 0) is 4.79 Å². The number of carbonyl (C=O) groups is 1. The van der Waals surface area contributed by atoms with Crippen molar-refractivity contribution in [2.45, 2.75) is 12.2 Å². The topological polar surface area (TPSA) is 38.3 Å². The fraction of sp³-hybridized carbons (Fsp3) is 0.235. The zero-order chi connectivity index (χ0) is 16.7. The fourth-order valence-corrected chi connectivity index (χ4v) is 2.88. The van der Waals surface area contributed by atoms with Crippen LogP contribution < -0.4 is 10.1 Å². The Balaban J connectivity index is 1.74. The predicted octanol–water partition coefficient (Wildman–Crippen LogP) is 4.73. The van der Waals surface area contributed by atoms with Gasteiger partial charge in [-0.05, 0) is 37.3 Å². The second kappa shape index (κ2) is 8.93. The molecule has 0 aliphatic carbocycles. The number of rotatable bonds is 7. The Bertz CT molecular complexity index is 654. The maximum atomic E-state index is 13.7. The Morgan fingerprint density at radius 3 is 2.74 bits per heavy atom. The van der Waals surface area contributed by atoms with Crippen LogP contribution in [0.2, 0.25) is 0 Å². The van der Waals surface area contributed by atoms with E-state index in [1.807, 2.05) is 30.3 Å². The molecule has 0 aliphatic rings. The summed E-state index contributed by atoms with van der Waals surface area (Å²) in [7, 11) is 0. The quantitative estimate of drug-likeness (QED) is 0.686. The predicted molar refractivity (Wildman–Crippen MR) is 96.6 cm³/mol. The van der Waals surface area contributed by atoms with Gasteiger partial charge in [0.25, 0.3) is 0 Å². The van der Waals surface area contributed by atoms with Crippen LogP contribution in [0.3, 0.4) is 0 Å². The lowest BCUT2D eigenvalue weighted by Gasteiger charge is -2.13. The lowest BCUT2D eigenvalue weighted by atomic mass is 10.3. The van der Waals surface area contributed by atoms with Crippen LogP contribution in [0.4, 0.5) is 10.1 Å². The van der Waals surface area contributed by atoms with Crippen molar-refractivity contribution >= 4 is 39.3 Å².